The summed E-state index contributed by atoms with van der Waals surface area (Å²) in [6.07, 6.45) is 2.59. The molecule has 3 aromatic rings. The minimum atomic E-state index is -0.134. The highest BCUT2D eigenvalue weighted by molar-refractivity contribution is 6.30. The maximum atomic E-state index is 10.8. The lowest BCUT2D eigenvalue weighted by molar-refractivity contribution is -0.110. The average Bonchev–Trinajstić information content (AvgIpc) is 3.02. The van der Waals surface area contributed by atoms with Gasteiger partial charge in [-0.05, 0) is 56.2 Å². The molecule has 0 aliphatic carbocycles. The molecular formula is C20H22ClN3O2. The van der Waals surface area contributed by atoms with Crippen LogP contribution in [0.25, 0.3) is 11.0 Å². The molecule has 1 N–H and O–H groups in total. The number of halogens is 1. The molecule has 5 nitrogen and oxygen atoms in total. The summed E-state index contributed by atoms with van der Waals surface area (Å²) in [7, 11) is 0. The molecule has 3 rings (SSSR count). The summed E-state index contributed by atoms with van der Waals surface area (Å²) in [6, 6.07) is 15.3. The van der Waals surface area contributed by atoms with E-state index in [-0.39, 0.29) is 6.04 Å². The molecule has 0 aliphatic heterocycles. The number of amides is 1. The Bertz CT molecular complexity index is 861. The van der Waals surface area contributed by atoms with E-state index in [4.69, 9.17) is 16.3 Å². The molecule has 1 amide bonds. The highest BCUT2D eigenvalue weighted by Crippen LogP contribution is 2.21. The number of unbranched alkanes of at least 4 members (excludes halogenated alkanes) is 1. The summed E-state index contributed by atoms with van der Waals surface area (Å²) in [5.41, 5.74) is 2.03. The van der Waals surface area contributed by atoms with Crippen LogP contribution in [-0.2, 0) is 11.3 Å². The van der Waals surface area contributed by atoms with Crippen LogP contribution >= 0.6 is 11.6 Å². The van der Waals surface area contributed by atoms with E-state index in [1.165, 1.54) is 0 Å². The molecule has 2 aromatic carbocycles. The standard InChI is InChI=1S/C20H22ClN3O2/c1-15(22-14-25)20-23-18-6-2-3-7-19(18)24(20)12-4-5-13-26-17-10-8-16(21)9-11-17/h2-3,6-11,14-15H,4-5,12-13H2,1H3,(H,22,25). The summed E-state index contributed by atoms with van der Waals surface area (Å²) in [4.78, 5) is 15.5. The van der Waals surface area contributed by atoms with E-state index in [1.807, 2.05) is 49.4 Å². The van der Waals surface area contributed by atoms with E-state index in [9.17, 15) is 4.79 Å². The number of nitrogens with zero attached hydrogens (tertiary/aromatic N) is 2. The Morgan fingerprint density at radius 2 is 1.96 bits per heavy atom. The topological polar surface area (TPSA) is 56.2 Å². The third kappa shape index (κ3) is 4.35. The zero-order valence-electron chi connectivity index (χ0n) is 14.7. The van der Waals surface area contributed by atoms with E-state index in [0.717, 1.165) is 42.0 Å². The Labute approximate surface area is 157 Å². The van der Waals surface area contributed by atoms with Crippen LogP contribution in [0, 0.1) is 0 Å². The van der Waals surface area contributed by atoms with E-state index < -0.39 is 0 Å². The van der Waals surface area contributed by atoms with Crippen molar-refractivity contribution in [1.82, 2.24) is 14.9 Å². The van der Waals surface area contributed by atoms with Crippen molar-refractivity contribution in [2.75, 3.05) is 6.61 Å². The number of ether oxygens (including phenoxy) is 1. The summed E-state index contributed by atoms with van der Waals surface area (Å²) < 4.78 is 7.92. The quantitative estimate of drug-likeness (QED) is 0.449. The monoisotopic (exact) mass is 371 g/mol. The van der Waals surface area contributed by atoms with Crippen molar-refractivity contribution in [1.29, 1.82) is 0 Å². The maximum absolute atomic E-state index is 10.8. The van der Waals surface area contributed by atoms with Gasteiger partial charge in [0.2, 0.25) is 6.41 Å². The zero-order chi connectivity index (χ0) is 18.4. The van der Waals surface area contributed by atoms with E-state index >= 15 is 0 Å². The lowest BCUT2D eigenvalue weighted by Crippen LogP contribution is -2.20. The number of carbonyl (C=O) groups excluding carboxylic acids is 1. The molecule has 0 radical (unpaired) electrons. The largest absolute Gasteiger partial charge is 0.494 e. The first-order valence-electron chi connectivity index (χ1n) is 8.72. The number of hydrogen-bond acceptors (Lipinski definition) is 3. The first-order valence-corrected chi connectivity index (χ1v) is 9.10. The second kappa shape index (κ2) is 8.72. The summed E-state index contributed by atoms with van der Waals surface area (Å²) in [6.45, 7) is 3.41. The molecule has 0 saturated carbocycles. The molecule has 1 aromatic heterocycles. The smallest absolute Gasteiger partial charge is 0.207 e. The zero-order valence-corrected chi connectivity index (χ0v) is 15.4. The molecule has 136 valence electrons. The normalized spacial score (nSPS) is 12.1. The van der Waals surface area contributed by atoms with Gasteiger partial charge in [-0.3, -0.25) is 4.79 Å². The van der Waals surface area contributed by atoms with Crippen molar-refractivity contribution in [3.05, 3.63) is 59.4 Å². The van der Waals surface area contributed by atoms with Crippen molar-refractivity contribution in [2.45, 2.75) is 32.4 Å². The second-order valence-corrected chi connectivity index (χ2v) is 6.56. The fourth-order valence-corrected chi connectivity index (χ4v) is 3.06. The molecule has 6 heteroatoms. The first-order chi connectivity index (χ1) is 12.7. The molecule has 0 aliphatic rings. The molecule has 0 fully saturated rings. The summed E-state index contributed by atoms with van der Waals surface area (Å²) in [5.74, 6) is 1.70. The van der Waals surface area contributed by atoms with Gasteiger partial charge in [-0.15, -0.1) is 0 Å². The van der Waals surface area contributed by atoms with Gasteiger partial charge < -0.3 is 14.6 Å². The van der Waals surface area contributed by atoms with Crippen LogP contribution in [0.15, 0.2) is 48.5 Å². The van der Waals surface area contributed by atoms with Crippen molar-refractivity contribution in [3.63, 3.8) is 0 Å². The SMILES string of the molecule is CC(NC=O)c1nc2ccccc2n1CCCCOc1ccc(Cl)cc1. The van der Waals surface area contributed by atoms with Gasteiger partial charge in [0.15, 0.2) is 0 Å². The van der Waals surface area contributed by atoms with E-state index in [1.54, 1.807) is 0 Å². The molecule has 1 heterocycles. The molecule has 0 spiro atoms. The first kappa shape index (κ1) is 18.3. The molecule has 0 saturated heterocycles. The Balaban J connectivity index is 1.61. The Morgan fingerprint density at radius 3 is 2.73 bits per heavy atom. The Kier molecular flexibility index (Phi) is 6.12. The fourth-order valence-electron chi connectivity index (χ4n) is 2.93. The van der Waals surface area contributed by atoms with Crippen LogP contribution < -0.4 is 10.1 Å². The van der Waals surface area contributed by atoms with Crippen molar-refractivity contribution < 1.29 is 9.53 Å². The van der Waals surface area contributed by atoms with Crippen LogP contribution in [-0.4, -0.2) is 22.6 Å². The molecule has 0 bridgehead atoms. The number of fused-ring (bicyclic) bond motifs is 1. The molecule has 1 atom stereocenters. The van der Waals surface area contributed by atoms with Crippen molar-refractivity contribution >= 4 is 29.0 Å². The summed E-state index contributed by atoms with van der Waals surface area (Å²) >= 11 is 5.87. The van der Waals surface area contributed by atoms with Gasteiger partial charge in [-0.25, -0.2) is 4.98 Å². The second-order valence-electron chi connectivity index (χ2n) is 6.13. The average molecular weight is 372 g/mol. The van der Waals surface area contributed by atoms with Crippen LogP contribution in [0.2, 0.25) is 5.02 Å². The van der Waals surface area contributed by atoms with Crippen LogP contribution in [0.5, 0.6) is 5.75 Å². The lowest BCUT2D eigenvalue weighted by atomic mass is 10.2. The van der Waals surface area contributed by atoms with Crippen molar-refractivity contribution in [2.24, 2.45) is 0 Å². The lowest BCUT2D eigenvalue weighted by Gasteiger charge is -2.14. The van der Waals surface area contributed by atoms with Gasteiger partial charge in [-0.1, -0.05) is 23.7 Å². The van der Waals surface area contributed by atoms with Crippen LogP contribution in [0.1, 0.15) is 31.6 Å². The van der Waals surface area contributed by atoms with Gasteiger partial charge in [0.1, 0.15) is 11.6 Å². The summed E-state index contributed by atoms with van der Waals surface area (Å²) in [5, 5.41) is 3.50. The van der Waals surface area contributed by atoms with Gasteiger partial charge in [0, 0.05) is 11.6 Å². The molecular weight excluding hydrogens is 350 g/mol. The predicted molar refractivity (Wildman–Crippen MR) is 104 cm³/mol. The highest BCUT2D eigenvalue weighted by Gasteiger charge is 2.15. The fraction of sp³-hybridized carbons (Fsp3) is 0.300. The number of carbonyl (C=O) groups is 1. The minimum absolute atomic E-state index is 0.134. The van der Waals surface area contributed by atoms with Crippen LogP contribution in [0.4, 0.5) is 0 Å². The number of para-hydroxylation sites is 2. The van der Waals surface area contributed by atoms with Gasteiger partial charge >= 0.3 is 0 Å². The number of aryl methyl sites for hydroxylation is 1. The number of aromatic nitrogens is 2. The van der Waals surface area contributed by atoms with Crippen LogP contribution in [0.3, 0.4) is 0 Å². The third-order valence-electron chi connectivity index (χ3n) is 4.25. The Morgan fingerprint density at radius 1 is 1.19 bits per heavy atom. The number of hydrogen-bond donors (Lipinski definition) is 1. The van der Waals surface area contributed by atoms with Crippen molar-refractivity contribution in [3.8, 4) is 5.75 Å². The number of nitrogens with one attached hydrogen (secondary N) is 1. The number of imidazole rings is 1. The number of benzene rings is 2. The predicted octanol–water partition coefficient (Wildman–Crippen LogP) is 4.36. The maximum Gasteiger partial charge on any atom is 0.207 e. The highest BCUT2D eigenvalue weighted by atomic mass is 35.5. The van der Waals surface area contributed by atoms with Gasteiger partial charge in [-0.2, -0.15) is 0 Å². The third-order valence-corrected chi connectivity index (χ3v) is 4.50. The van der Waals surface area contributed by atoms with Gasteiger partial charge in [0.25, 0.3) is 0 Å². The van der Waals surface area contributed by atoms with E-state index in [0.29, 0.717) is 18.0 Å². The minimum Gasteiger partial charge on any atom is -0.494 e. The van der Waals surface area contributed by atoms with E-state index in [2.05, 4.69) is 20.9 Å². The molecule has 1 unspecified atom stereocenters. The Hall–Kier alpha value is -2.53. The molecule has 26 heavy (non-hydrogen) atoms. The number of rotatable bonds is 9. The van der Waals surface area contributed by atoms with Gasteiger partial charge in [0.05, 0.1) is 23.7 Å².